The van der Waals surface area contributed by atoms with E-state index in [-0.39, 0.29) is 5.91 Å². The van der Waals surface area contributed by atoms with E-state index in [0.29, 0.717) is 21.5 Å². The molecular weight excluding hydrogens is 380 g/mol. The lowest BCUT2D eigenvalue weighted by atomic mass is 10.2. The molecule has 0 spiro atoms. The molecule has 1 amide bonds. The fourth-order valence-electron chi connectivity index (χ4n) is 2.63. The predicted molar refractivity (Wildman–Crippen MR) is 109 cm³/mol. The van der Waals surface area contributed by atoms with E-state index in [4.69, 9.17) is 11.6 Å². The molecule has 0 unspecified atom stereocenters. The number of nitrogens with zero attached hydrogens (tertiary/aromatic N) is 3. The molecule has 0 radical (unpaired) electrons. The van der Waals surface area contributed by atoms with Crippen molar-refractivity contribution in [3.05, 3.63) is 82.3 Å². The molecule has 0 fully saturated rings. The van der Waals surface area contributed by atoms with E-state index in [1.807, 2.05) is 60.8 Å². The van der Waals surface area contributed by atoms with E-state index in [0.717, 1.165) is 17.0 Å². The second-order valence-electron chi connectivity index (χ2n) is 5.93. The Morgan fingerprint density at radius 2 is 1.85 bits per heavy atom. The van der Waals surface area contributed by atoms with Crippen LogP contribution in [0.3, 0.4) is 0 Å². The summed E-state index contributed by atoms with van der Waals surface area (Å²) in [6.07, 6.45) is 0. The summed E-state index contributed by atoms with van der Waals surface area (Å²) in [6.45, 7) is 1.88. The van der Waals surface area contributed by atoms with E-state index < -0.39 is 0 Å². The van der Waals surface area contributed by atoms with Gasteiger partial charge in [-0.25, -0.2) is 4.98 Å². The smallest absolute Gasteiger partial charge is 0.256 e. The van der Waals surface area contributed by atoms with Crippen molar-refractivity contribution < 1.29 is 4.79 Å². The van der Waals surface area contributed by atoms with Gasteiger partial charge in [0.05, 0.1) is 11.4 Å². The number of halogens is 1. The quantitative estimate of drug-likeness (QED) is 0.516. The number of hydrogen-bond acceptors (Lipinski definition) is 4. The topological polar surface area (TPSA) is 59.8 Å². The van der Waals surface area contributed by atoms with Gasteiger partial charge in [0.25, 0.3) is 5.91 Å². The number of aryl methyl sites for hydroxylation is 1. The molecule has 0 aliphatic carbocycles. The van der Waals surface area contributed by atoms with Crippen molar-refractivity contribution in [2.75, 3.05) is 5.32 Å². The van der Waals surface area contributed by atoms with Gasteiger partial charge in [-0.15, -0.1) is 11.3 Å². The Kier molecular flexibility index (Phi) is 4.75. The van der Waals surface area contributed by atoms with E-state index >= 15 is 0 Å². The van der Waals surface area contributed by atoms with Crippen molar-refractivity contribution >= 4 is 34.7 Å². The van der Waals surface area contributed by atoms with Gasteiger partial charge in [-0.1, -0.05) is 41.9 Å². The second-order valence-corrected chi connectivity index (χ2v) is 7.20. The third-order valence-corrected chi connectivity index (χ3v) is 4.99. The molecule has 0 saturated carbocycles. The Bertz CT molecular complexity index is 1090. The SMILES string of the molecule is Cc1cc(NC(=O)c2ccccc2)n(-c2nc(-c3ccc(Cl)cc3)cs2)n1. The van der Waals surface area contributed by atoms with Crippen molar-refractivity contribution in [3.8, 4) is 16.4 Å². The van der Waals surface area contributed by atoms with Crippen LogP contribution in [0.1, 0.15) is 16.1 Å². The van der Waals surface area contributed by atoms with Crippen molar-refractivity contribution in [2.45, 2.75) is 6.92 Å². The standard InChI is InChI=1S/C20H15ClN4OS/c1-13-11-18(23-19(26)15-5-3-2-4-6-15)25(24-13)20-22-17(12-27-20)14-7-9-16(21)10-8-14/h2-12H,1H3,(H,23,26). The number of carbonyl (C=O) groups is 1. The molecule has 2 aromatic heterocycles. The van der Waals surface area contributed by atoms with E-state index in [1.54, 1.807) is 16.8 Å². The highest BCUT2D eigenvalue weighted by molar-refractivity contribution is 7.12. The molecule has 0 aliphatic heterocycles. The van der Waals surface area contributed by atoms with Gasteiger partial charge < -0.3 is 5.32 Å². The zero-order chi connectivity index (χ0) is 18.8. The first-order chi connectivity index (χ1) is 13.1. The maximum Gasteiger partial charge on any atom is 0.256 e. The van der Waals surface area contributed by atoms with Crippen LogP contribution in [0.4, 0.5) is 5.82 Å². The van der Waals surface area contributed by atoms with Crippen LogP contribution in [0.2, 0.25) is 5.02 Å². The number of benzene rings is 2. The van der Waals surface area contributed by atoms with Gasteiger partial charge in [0, 0.05) is 27.6 Å². The van der Waals surface area contributed by atoms with Crippen LogP contribution in [-0.4, -0.2) is 20.7 Å². The van der Waals surface area contributed by atoms with Crippen molar-refractivity contribution in [1.82, 2.24) is 14.8 Å². The summed E-state index contributed by atoms with van der Waals surface area (Å²) >= 11 is 7.41. The Labute approximate surface area is 165 Å². The fraction of sp³-hybridized carbons (Fsp3) is 0.0500. The van der Waals surface area contributed by atoms with Crippen LogP contribution in [-0.2, 0) is 0 Å². The predicted octanol–water partition coefficient (Wildman–Crippen LogP) is 5.21. The highest BCUT2D eigenvalue weighted by Crippen LogP contribution is 2.27. The molecule has 2 heterocycles. The minimum atomic E-state index is -0.189. The van der Waals surface area contributed by atoms with Crippen LogP contribution >= 0.6 is 22.9 Å². The maximum atomic E-state index is 12.5. The van der Waals surface area contributed by atoms with Crippen LogP contribution in [0, 0.1) is 6.92 Å². The first-order valence-electron chi connectivity index (χ1n) is 8.25. The van der Waals surface area contributed by atoms with Gasteiger partial charge in [-0.2, -0.15) is 9.78 Å². The maximum absolute atomic E-state index is 12.5. The number of anilines is 1. The van der Waals surface area contributed by atoms with Crippen LogP contribution < -0.4 is 5.32 Å². The molecule has 4 aromatic rings. The highest BCUT2D eigenvalue weighted by atomic mass is 35.5. The monoisotopic (exact) mass is 394 g/mol. The van der Waals surface area contributed by atoms with E-state index in [9.17, 15) is 4.79 Å². The average molecular weight is 395 g/mol. The molecule has 0 aliphatic rings. The zero-order valence-electron chi connectivity index (χ0n) is 14.4. The van der Waals surface area contributed by atoms with Crippen LogP contribution in [0.15, 0.2) is 66.0 Å². The Morgan fingerprint density at radius 1 is 1.11 bits per heavy atom. The number of thiazole rings is 1. The second kappa shape index (κ2) is 7.34. The Balaban J connectivity index is 1.63. The summed E-state index contributed by atoms with van der Waals surface area (Å²) in [6, 6.07) is 18.4. The third-order valence-electron chi connectivity index (χ3n) is 3.92. The lowest BCUT2D eigenvalue weighted by Gasteiger charge is -2.06. The Hall–Kier alpha value is -2.96. The van der Waals surface area contributed by atoms with Gasteiger partial charge in [0.1, 0.15) is 5.82 Å². The lowest BCUT2D eigenvalue weighted by molar-refractivity contribution is 0.102. The number of rotatable bonds is 4. The van der Waals surface area contributed by atoms with Gasteiger partial charge in [-0.3, -0.25) is 4.79 Å². The highest BCUT2D eigenvalue weighted by Gasteiger charge is 2.15. The number of aromatic nitrogens is 3. The van der Waals surface area contributed by atoms with Crippen molar-refractivity contribution in [1.29, 1.82) is 0 Å². The molecule has 0 atom stereocenters. The van der Waals surface area contributed by atoms with Gasteiger partial charge in [0.2, 0.25) is 5.13 Å². The van der Waals surface area contributed by atoms with Crippen LogP contribution in [0.25, 0.3) is 16.4 Å². The first-order valence-corrected chi connectivity index (χ1v) is 9.51. The summed E-state index contributed by atoms with van der Waals surface area (Å²) < 4.78 is 1.65. The molecule has 5 nitrogen and oxygen atoms in total. The summed E-state index contributed by atoms with van der Waals surface area (Å²) in [4.78, 5) is 17.1. The Morgan fingerprint density at radius 3 is 2.59 bits per heavy atom. The van der Waals surface area contributed by atoms with Crippen LogP contribution in [0.5, 0.6) is 0 Å². The minimum absolute atomic E-state index is 0.189. The summed E-state index contributed by atoms with van der Waals surface area (Å²) in [7, 11) is 0. The molecule has 7 heteroatoms. The lowest BCUT2D eigenvalue weighted by Crippen LogP contribution is -2.14. The van der Waals surface area contributed by atoms with Crippen molar-refractivity contribution in [3.63, 3.8) is 0 Å². The molecule has 0 bridgehead atoms. The average Bonchev–Trinajstić information content (AvgIpc) is 3.30. The van der Waals surface area contributed by atoms with E-state index in [2.05, 4.69) is 15.4 Å². The molecule has 1 N–H and O–H groups in total. The normalized spacial score (nSPS) is 10.7. The molecule has 2 aromatic carbocycles. The van der Waals surface area contributed by atoms with Gasteiger partial charge in [0.15, 0.2) is 0 Å². The molecule has 0 saturated heterocycles. The molecular formula is C20H15ClN4OS. The fourth-order valence-corrected chi connectivity index (χ4v) is 3.55. The minimum Gasteiger partial charge on any atom is -0.306 e. The number of carbonyl (C=O) groups excluding carboxylic acids is 1. The summed E-state index contributed by atoms with van der Waals surface area (Å²) in [5.74, 6) is 0.393. The zero-order valence-corrected chi connectivity index (χ0v) is 16.0. The molecule has 27 heavy (non-hydrogen) atoms. The number of amides is 1. The summed E-state index contributed by atoms with van der Waals surface area (Å²) in [5.41, 5.74) is 3.19. The molecule has 134 valence electrons. The van der Waals surface area contributed by atoms with E-state index in [1.165, 1.54) is 11.3 Å². The third kappa shape index (κ3) is 3.77. The summed E-state index contributed by atoms with van der Waals surface area (Å²) in [5, 5.41) is 10.7. The molecule has 4 rings (SSSR count). The van der Waals surface area contributed by atoms with Crippen molar-refractivity contribution in [2.24, 2.45) is 0 Å². The largest absolute Gasteiger partial charge is 0.306 e. The number of hydrogen-bond donors (Lipinski definition) is 1. The van der Waals surface area contributed by atoms with Gasteiger partial charge >= 0.3 is 0 Å². The number of nitrogens with one attached hydrogen (secondary N) is 1. The van der Waals surface area contributed by atoms with Gasteiger partial charge in [-0.05, 0) is 31.2 Å². The first kappa shape index (κ1) is 17.5.